The van der Waals surface area contributed by atoms with Gasteiger partial charge in [-0.3, -0.25) is 14.8 Å². The van der Waals surface area contributed by atoms with Crippen molar-refractivity contribution < 1.29 is 4.79 Å². The molecule has 166 valence electrons. The Morgan fingerprint density at radius 2 is 1.63 bits per heavy atom. The Labute approximate surface area is 203 Å². The number of pyridine rings is 1. The van der Waals surface area contributed by atoms with E-state index < -0.39 is 0 Å². The van der Waals surface area contributed by atoms with Crippen molar-refractivity contribution in [1.29, 1.82) is 0 Å². The first-order chi connectivity index (χ1) is 17.3. The van der Waals surface area contributed by atoms with E-state index in [1.54, 1.807) is 6.20 Å². The third kappa shape index (κ3) is 3.14. The van der Waals surface area contributed by atoms with Crippen LogP contribution >= 0.6 is 0 Å². The van der Waals surface area contributed by atoms with Gasteiger partial charge in [0.05, 0.1) is 28.6 Å². The molecule has 4 heteroatoms. The Balaban J connectivity index is 1.35. The lowest BCUT2D eigenvalue weighted by molar-refractivity contribution is 0.0977. The van der Waals surface area contributed by atoms with Gasteiger partial charge in [0.1, 0.15) is 0 Å². The SMILES string of the molecule is O=C(CC1c2ccccc2-c2c(-c3cnc4ccccc4n3)cccc21)c1ccnc2c1C=CC2. The molecule has 5 aromatic rings. The topological polar surface area (TPSA) is 55.7 Å². The number of nitrogens with zero attached hydrogens (tertiary/aromatic N) is 3. The van der Waals surface area contributed by atoms with Crippen LogP contribution in [0.1, 0.15) is 45.1 Å². The average Bonchev–Trinajstić information content (AvgIpc) is 3.51. The van der Waals surface area contributed by atoms with Crippen molar-refractivity contribution in [3.63, 3.8) is 0 Å². The maximum atomic E-state index is 13.6. The molecule has 2 aliphatic carbocycles. The van der Waals surface area contributed by atoms with Gasteiger partial charge in [0, 0.05) is 41.6 Å². The number of Topliss-reactive ketones (excluding diaryl/α,β-unsaturated/α-hetero) is 1. The van der Waals surface area contributed by atoms with Crippen molar-refractivity contribution in [3.8, 4) is 22.4 Å². The number of aromatic nitrogens is 3. The molecule has 0 fully saturated rings. The highest BCUT2D eigenvalue weighted by Crippen LogP contribution is 2.50. The van der Waals surface area contributed by atoms with Gasteiger partial charge in [0.2, 0.25) is 0 Å². The van der Waals surface area contributed by atoms with Crippen molar-refractivity contribution in [2.45, 2.75) is 18.8 Å². The standard InChI is InChI=1S/C31H21N3O/c35-30(21-15-16-32-26-14-6-9-20(21)26)17-25-19-7-1-2-8-22(19)31-23(25)10-5-11-24(31)29-18-33-27-12-3-4-13-28(27)34-29/h1-13,15-16,18,25H,14,17H2. The Morgan fingerprint density at radius 1 is 0.829 bits per heavy atom. The second kappa shape index (κ2) is 7.81. The van der Waals surface area contributed by atoms with Gasteiger partial charge in [-0.1, -0.05) is 66.7 Å². The lowest BCUT2D eigenvalue weighted by Crippen LogP contribution is -2.09. The summed E-state index contributed by atoms with van der Waals surface area (Å²) in [6.45, 7) is 0. The van der Waals surface area contributed by atoms with Crippen LogP contribution in [0, 0.1) is 0 Å². The number of hydrogen-bond acceptors (Lipinski definition) is 4. The molecule has 0 radical (unpaired) electrons. The van der Waals surface area contributed by atoms with Crippen LogP contribution in [0.2, 0.25) is 0 Å². The molecule has 0 N–H and O–H groups in total. The maximum Gasteiger partial charge on any atom is 0.164 e. The number of allylic oxidation sites excluding steroid dienone is 1. The third-order valence-electron chi connectivity index (χ3n) is 7.16. The fourth-order valence-corrected chi connectivity index (χ4v) is 5.57. The minimum atomic E-state index is -0.00346. The molecule has 0 aliphatic heterocycles. The monoisotopic (exact) mass is 451 g/mol. The van der Waals surface area contributed by atoms with Crippen LogP contribution in [-0.2, 0) is 6.42 Å². The van der Waals surface area contributed by atoms with E-state index >= 15 is 0 Å². The second-order valence-electron chi connectivity index (χ2n) is 9.11. The largest absolute Gasteiger partial charge is 0.294 e. The summed E-state index contributed by atoms with van der Waals surface area (Å²) >= 11 is 0. The Bertz CT molecular complexity index is 1680. The third-order valence-corrected chi connectivity index (χ3v) is 7.16. The molecule has 4 nitrogen and oxygen atoms in total. The summed E-state index contributed by atoms with van der Waals surface area (Å²) in [5, 5.41) is 0. The molecular formula is C31H21N3O. The first kappa shape index (κ1) is 20.0. The Hall–Kier alpha value is -4.44. The smallest absolute Gasteiger partial charge is 0.164 e. The van der Waals surface area contributed by atoms with Gasteiger partial charge in [0.15, 0.2) is 5.78 Å². The van der Waals surface area contributed by atoms with Gasteiger partial charge in [0.25, 0.3) is 0 Å². The van der Waals surface area contributed by atoms with E-state index in [0.717, 1.165) is 51.1 Å². The van der Waals surface area contributed by atoms with Crippen LogP contribution in [0.15, 0.2) is 91.3 Å². The molecule has 1 atom stereocenters. The molecule has 2 heterocycles. The van der Waals surface area contributed by atoms with Gasteiger partial charge in [-0.05, 0) is 40.5 Å². The molecular weight excluding hydrogens is 430 g/mol. The van der Waals surface area contributed by atoms with Crippen molar-refractivity contribution >= 4 is 22.9 Å². The van der Waals surface area contributed by atoms with Crippen molar-refractivity contribution in [2.75, 3.05) is 0 Å². The van der Waals surface area contributed by atoms with E-state index in [-0.39, 0.29) is 11.7 Å². The zero-order valence-electron chi connectivity index (χ0n) is 19.0. The maximum absolute atomic E-state index is 13.6. The Morgan fingerprint density at radius 3 is 2.57 bits per heavy atom. The zero-order chi connectivity index (χ0) is 23.4. The van der Waals surface area contributed by atoms with E-state index in [9.17, 15) is 4.79 Å². The first-order valence-corrected chi connectivity index (χ1v) is 11.9. The normalized spacial score (nSPS) is 15.1. The van der Waals surface area contributed by atoms with E-state index in [1.165, 1.54) is 16.7 Å². The molecule has 3 aromatic carbocycles. The zero-order valence-corrected chi connectivity index (χ0v) is 19.0. The fraction of sp³-hybridized carbons (Fsp3) is 0.0968. The first-order valence-electron chi connectivity index (χ1n) is 11.9. The number of benzene rings is 3. The summed E-state index contributed by atoms with van der Waals surface area (Å²) in [5.41, 5.74) is 11.1. The predicted octanol–water partition coefficient (Wildman–Crippen LogP) is 6.65. The predicted molar refractivity (Wildman–Crippen MR) is 138 cm³/mol. The summed E-state index contributed by atoms with van der Waals surface area (Å²) in [6, 6.07) is 24.6. The van der Waals surface area contributed by atoms with Crippen molar-refractivity contribution in [1.82, 2.24) is 15.0 Å². The average molecular weight is 452 g/mol. The van der Waals surface area contributed by atoms with Crippen LogP contribution in [0.4, 0.5) is 0 Å². The molecule has 0 bridgehead atoms. The fourth-order valence-electron chi connectivity index (χ4n) is 5.57. The number of carbonyl (C=O) groups excluding carboxylic acids is 1. The summed E-state index contributed by atoms with van der Waals surface area (Å²) < 4.78 is 0. The van der Waals surface area contributed by atoms with E-state index in [2.05, 4.69) is 58.5 Å². The number of rotatable bonds is 4. The second-order valence-corrected chi connectivity index (χ2v) is 9.11. The van der Waals surface area contributed by atoms with Crippen LogP contribution in [-0.4, -0.2) is 20.7 Å². The van der Waals surface area contributed by atoms with Gasteiger partial charge in [-0.2, -0.15) is 0 Å². The Kier molecular flexibility index (Phi) is 4.46. The number of fused-ring (bicyclic) bond motifs is 5. The summed E-state index contributed by atoms with van der Waals surface area (Å²) in [4.78, 5) is 27.6. The summed E-state index contributed by atoms with van der Waals surface area (Å²) in [7, 11) is 0. The van der Waals surface area contributed by atoms with Crippen LogP contribution in [0.5, 0.6) is 0 Å². The molecule has 0 spiro atoms. The van der Waals surface area contributed by atoms with E-state index in [4.69, 9.17) is 4.98 Å². The minimum absolute atomic E-state index is 0.00346. The van der Waals surface area contributed by atoms with Crippen LogP contribution in [0.25, 0.3) is 39.5 Å². The molecule has 2 aromatic heterocycles. The highest BCUT2D eigenvalue weighted by molar-refractivity contribution is 6.02. The molecule has 2 aliphatic rings. The number of ketones is 1. The lowest BCUT2D eigenvalue weighted by atomic mass is 9.88. The molecule has 0 saturated carbocycles. The van der Waals surface area contributed by atoms with Gasteiger partial charge >= 0.3 is 0 Å². The van der Waals surface area contributed by atoms with Gasteiger partial charge < -0.3 is 0 Å². The highest BCUT2D eigenvalue weighted by Gasteiger charge is 2.33. The van der Waals surface area contributed by atoms with Crippen LogP contribution < -0.4 is 0 Å². The van der Waals surface area contributed by atoms with E-state index in [1.807, 2.05) is 42.6 Å². The molecule has 0 amide bonds. The van der Waals surface area contributed by atoms with Gasteiger partial charge in [-0.15, -0.1) is 0 Å². The molecule has 0 saturated heterocycles. The van der Waals surface area contributed by atoms with Crippen LogP contribution in [0.3, 0.4) is 0 Å². The van der Waals surface area contributed by atoms with Gasteiger partial charge in [-0.25, -0.2) is 4.98 Å². The highest BCUT2D eigenvalue weighted by atomic mass is 16.1. The van der Waals surface area contributed by atoms with Crippen molar-refractivity contribution in [2.24, 2.45) is 0 Å². The quantitative estimate of drug-likeness (QED) is 0.287. The van der Waals surface area contributed by atoms with E-state index in [0.29, 0.717) is 6.42 Å². The minimum Gasteiger partial charge on any atom is -0.294 e. The summed E-state index contributed by atoms with van der Waals surface area (Å²) in [5.74, 6) is 0.148. The summed E-state index contributed by atoms with van der Waals surface area (Å²) in [6.07, 6.45) is 8.93. The van der Waals surface area contributed by atoms with Crippen molar-refractivity contribution in [3.05, 3.63) is 119 Å². The number of para-hydroxylation sites is 2. The molecule has 1 unspecified atom stereocenters. The number of hydrogen-bond donors (Lipinski definition) is 0. The molecule has 7 rings (SSSR count). The number of carbonyl (C=O) groups is 1. The lowest BCUT2D eigenvalue weighted by Gasteiger charge is -2.15. The molecule has 35 heavy (non-hydrogen) atoms.